The summed E-state index contributed by atoms with van der Waals surface area (Å²) in [4.78, 5) is 11.9. The number of ether oxygens (including phenoxy) is 1. The van der Waals surface area contributed by atoms with E-state index in [-0.39, 0.29) is 6.03 Å². The molecule has 0 aliphatic carbocycles. The van der Waals surface area contributed by atoms with Crippen molar-refractivity contribution in [3.63, 3.8) is 0 Å². The van der Waals surface area contributed by atoms with Crippen LogP contribution in [0, 0.1) is 11.3 Å². The van der Waals surface area contributed by atoms with Crippen LogP contribution in [-0.2, 0) is 0 Å². The topological polar surface area (TPSA) is 74.1 Å². The van der Waals surface area contributed by atoms with Crippen LogP contribution >= 0.6 is 0 Å². The predicted octanol–water partition coefficient (Wildman–Crippen LogP) is 4.99. The molecule has 0 fully saturated rings. The van der Waals surface area contributed by atoms with Crippen LogP contribution in [0.4, 0.5) is 16.2 Å². The Labute approximate surface area is 145 Å². The number of urea groups is 1. The number of nitrogens with one attached hydrogen (secondary N) is 2. The molecule has 122 valence electrons. The smallest absolute Gasteiger partial charge is 0.323 e. The van der Waals surface area contributed by atoms with Crippen molar-refractivity contribution in [3.8, 4) is 17.6 Å². The van der Waals surface area contributed by atoms with E-state index in [1.165, 1.54) is 0 Å². The molecule has 3 aromatic rings. The van der Waals surface area contributed by atoms with Gasteiger partial charge in [0, 0.05) is 11.4 Å². The van der Waals surface area contributed by atoms with Gasteiger partial charge in [0.25, 0.3) is 0 Å². The first-order valence-corrected chi connectivity index (χ1v) is 7.64. The number of hydrogen-bond acceptors (Lipinski definition) is 3. The monoisotopic (exact) mass is 329 g/mol. The van der Waals surface area contributed by atoms with Crippen LogP contribution in [0.2, 0.25) is 0 Å². The Balaban J connectivity index is 1.58. The van der Waals surface area contributed by atoms with E-state index < -0.39 is 0 Å². The fourth-order valence-corrected chi connectivity index (χ4v) is 2.15. The van der Waals surface area contributed by atoms with Gasteiger partial charge in [0.05, 0.1) is 11.6 Å². The summed E-state index contributed by atoms with van der Waals surface area (Å²) in [5.74, 6) is 1.28. The van der Waals surface area contributed by atoms with Gasteiger partial charge in [-0.2, -0.15) is 5.26 Å². The second-order valence-electron chi connectivity index (χ2n) is 5.21. The van der Waals surface area contributed by atoms with Crippen molar-refractivity contribution in [1.29, 1.82) is 5.26 Å². The molecule has 0 heterocycles. The zero-order valence-corrected chi connectivity index (χ0v) is 13.3. The molecule has 0 saturated carbocycles. The van der Waals surface area contributed by atoms with Crippen LogP contribution in [0.3, 0.4) is 0 Å². The second kappa shape index (κ2) is 7.66. The summed E-state index contributed by atoms with van der Waals surface area (Å²) in [6.07, 6.45) is 0. The van der Waals surface area contributed by atoms with E-state index in [0.29, 0.717) is 22.7 Å². The molecular weight excluding hydrogens is 314 g/mol. The average molecular weight is 329 g/mol. The molecule has 0 aromatic heterocycles. The second-order valence-corrected chi connectivity index (χ2v) is 5.21. The standard InChI is InChI=1S/C20H15N3O2/c21-14-15-6-10-18(11-7-15)25-19-12-8-17(9-13-19)23-20(24)22-16-4-2-1-3-5-16/h1-13H,(H2,22,23,24). The van der Waals surface area contributed by atoms with E-state index in [2.05, 4.69) is 16.7 Å². The third kappa shape index (κ3) is 4.60. The van der Waals surface area contributed by atoms with Crippen molar-refractivity contribution < 1.29 is 9.53 Å². The summed E-state index contributed by atoms with van der Waals surface area (Å²) in [5, 5.41) is 14.3. The van der Waals surface area contributed by atoms with Gasteiger partial charge in [-0.25, -0.2) is 4.79 Å². The maximum Gasteiger partial charge on any atom is 0.323 e. The van der Waals surface area contributed by atoms with Gasteiger partial charge in [-0.3, -0.25) is 0 Å². The number of anilines is 2. The Morgan fingerprint density at radius 3 is 1.84 bits per heavy atom. The zero-order valence-electron chi connectivity index (χ0n) is 13.3. The molecule has 2 N–H and O–H groups in total. The third-order valence-electron chi connectivity index (χ3n) is 3.36. The van der Waals surface area contributed by atoms with Gasteiger partial charge in [-0.05, 0) is 60.7 Å². The molecule has 2 amide bonds. The molecule has 0 bridgehead atoms. The highest BCUT2D eigenvalue weighted by Crippen LogP contribution is 2.23. The van der Waals surface area contributed by atoms with E-state index in [4.69, 9.17) is 10.00 Å². The lowest BCUT2D eigenvalue weighted by atomic mass is 10.2. The Kier molecular flexibility index (Phi) is 4.93. The van der Waals surface area contributed by atoms with Crippen LogP contribution in [0.25, 0.3) is 0 Å². The Morgan fingerprint density at radius 1 is 0.760 bits per heavy atom. The highest BCUT2D eigenvalue weighted by Gasteiger charge is 2.03. The van der Waals surface area contributed by atoms with Crippen molar-refractivity contribution in [2.75, 3.05) is 10.6 Å². The van der Waals surface area contributed by atoms with Crippen LogP contribution < -0.4 is 15.4 Å². The maximum absolute atomic E-state index is 11.9. The molecule has 0 radical (unpaired) electrons. The van der Waals surface area contributed by atoms with Crippen molar-refractivity contribution in [2.45, 2.75) is 0 Å². The van der Waals surface area contributed by atoms with E-state index in [0.717, 1.165) is 5.69 Å². The lowest BCUT2D eigenvalue weighted by molar-refractivity contribution is 0.262. The van der Waals surface area contributed by atoms with Crippen LogP contribution in [0.5, 0.6) is 11.5 Å². The third-order valence-corrected chi connectivity index (χ3v) is 3.36. The Bertz CT molecular complexity index is 883. The van der Waals surface area contributed by atoms with Gasteiger partial charge in [0.1, 0.15) is 11.5 Å². The number of rotatable bonds is 4. The summed E-state index contributed by atoms with van der Waals surface area (Å²) >= 11 is 0. The average Bonchev–Trinajstić information content (AvgIpc) is 2.65. The number of carbonyl (C=O) groups excluding carboxylic acids is 1. The predicted molar refractivity (Wildman–Crippen MR) is 96.8 cm³/mol. The van der Waals surface area contributed by atoms with Crippen LogP contribution in [-0.4, -0.2) is 6.03 Å². The number of nitriles is 1. The van der Waals surface area contributed by atoms with Gasteiger partial charge >= 0.3 is 6.03 Å². The molecule has 0 saturated heterocycles. The first-order valence-electron chi connectivity index (χ1n) is 7.64. The molecule has 0 spiro atoms. The number of nitrogens with zero attached hydrogens (tertiary/aromatic N) is 1. The Morgan fingerprint density at radius 2 is 1.28 bits per heavy atom. The summed E-state index contributed by atoms with van der Waals surface area (Å²) in [5.41, 5.74) is 1.96. The minimum Gasteiger partial charge on any atom is -0.457 e. The van der Waals surface area contributed by atoms with E-state index >= 15 is 0 Å². The normalized spacial score (nSPS) is 9.72. The first-order chi connectivity index (χ1) is 12.2. The fourth-order valence-electron chi connectivity index (χ4n) is 2.15. The Hall–Kier alpha value is -3.78. The maximum atomic E-state index is 11.9. The van der Waals surface area contributed by atoms with Crippen molar-refractivity contribution in [3.05, 3.63) is 84.4 Å². The number of hydrogen-bond donors (Lipinski definition) is 2. The number of carbonyl (C=O) groups is 1. The molecule has 0 unspecified atom stereocenters. The molecule has 0 aliphatic rings. The SMILES string of the molecule is N#Cc1ccc(Oc2ccc(NC(=O)Nc3ccccc3)cc2)cc1. The van der Waals surface area contributed by atoms with E-state index in [1.54, 1.807) is 48.5 Å². The number of amides is 2. The minimum absolute atomic E-state index is 0.313. The minimum atomic E-state index is -0.313. The molecule has 0 aliphatic heterocycles. The molecule has 3 rings (SSSR count). The zero-order chi connectivity index (χ0) is 17.5. The van der Waals surface area contributed by atoms with Gasteiger partial charge in [0.15, 0.2) is 0 Å². The largest absolute Gasteiger partial charge is 0.457 e. The van der Waals surface area contributed by atoms with Gasteiger partial charge in [0.2, 0.25) is 0 Å². The summed E-state index contributed by atoms with van der Waals surface area (Å²) in [6, 6.07) is 24.8. The molecule has 25 heavy (non-hydrogen) atoms. The highest BCUT2D eigenvalue weighted by molar-refractivity contribution is 5.99. The highest BCUT2D eigenvalue weighted by atomic mass is 16.5. The number of benzene rings is 3. The molecule has 3 aromatic carbocycles. The van der Waals surface area contributed by atoms with Crippen LogP contribution in [0.15, 0.2) is 78.9 Å². The van der Waals surface area contributed by atoms with Gasteiger partial charge < -0.3 is 15.4 Å². The first kappa shape index (κ1) is 16.1. The lowest BCUT2D eigenvalue weighted by Crippen LogP contribution is -2.19. The fraction of sp³-hybridized carbons (Fsp3) is 0. The van der Waals surface area contributed by atoms with Crippen molar-refractivity contribution >= 4 is 17.4 Å². The molecule has 5 nitrogen and oxygen atoms in total. The van der Waals surface area contributed by atoms with E-state index in [1.807, 2.05) is 30.3 Å². The molecule has 0 atom stereocenters. The lowest BCUT2D eigenvalue weighted by Gasteiger charge is -2.09. The summed E-state index contributed by atoms with van der Waals surface area (Å²) in [6.45, 7) is 0. The van der Waals surface area contributed by atoms with Crippen molar-refractivity contribution in [1.82, 2.24) is 0 Å². The number of para-hydroxylation sites is 1. The molecule has 5 heteroatoms. The molecular formula is C20H15N3O2. The van der Waals surface area contributed by atoms with Gasteiger partial charge in [-0.1, -0.05) is 18.2 Å². The van der Waals surface area contributed by atoms with E-state index in [9.17, 15) is 4.79 Å². The van der Waals surface area contributed by atoms with Gasteiger partial charge in [-0.15, -0.1) is 0 Å². The quantitative estimate of drug-likeness (QED) is 0.708. The van der Waals surface area contributed by atoms with Crippen molar-refractivity contribution in [2.24, 2.45) is 0 Å². The summed E-state index contributed by atoms with van der Waals surface area (Å²) < 4.78 is 5.70. The summed E-state index contributed by atoms with van der Waals surface area (Å²) in [7, 11) is 0. The van der Waals surface area contributed by atoms with Crippen LogP contribution in [0.1, 0.15) is 5.56 Å².